The molecule has 0 aliphatic carbocycles. The highest BCUT2D eigenvalue weighted by Gasteiger charge is 2.23. The minimum atomic E-state index is -0.492. The minimum Gasteiger partial charge on any atom is -0.360 e. The molecule has 1 heterocycles. The summed E-state index contributed by atoms with van der Waals surface area (Å²) < 4.78 is 18.1. The Kier molecular flexibility index (Phi) is 4.96. The molecule has 4 nitrogen and oxygen atoms in total. The Balaban J connectivity index is 1.84. The molecule has 1 unspecified atom stereocenters. The maximum absolute atomic E-state index is 13.1. The molecule has 122 valence electrons. The molecule has 24 heavy (non-hydrogen) atoms. The topological polar surface area (TPSA) is 55.1 Å². The van der Waals surface area contributed by atoms with Gasteiger partial charge in [-0.15, -0.1) is 11.8 Å². The van der Waals surface area contributed by atoms with Gasteiger partial charge >= 0.3 is 0 Å². The second-order valence-corrected chi connectivity index (χ2v) is 6.35. The van der Waals surface area contributed by atoms with Gasteiger partial charge in [-0.05, 0) is 36.8 Å². The van der Waals surface area contributed by atoms with Gasteiger partial charge in [-0.1, -0.05) is 35.5 Å². The van der Waals surface area contributed by atoms with Crippen molar-refractivity contribution < 1.29 is 13.7 Å². The van der Waals surface area contributed by atoms with Crippen LogP contribution in [-0.2, 0) is 4.79 Å². The lowest BCUT2D eigenvalue weighted by Gasteiger charge is -2.16. The molecule has 0 bridgehead atoms. The molecule has 3 rings (SSSR count). The molecule has 0 fully saturated rings. The zero-order valence-corrected chi connectivity index (χ0v) is 13.7. The van der Waals surface area contributed by atoms with Crippen LogP contribution in [0.15, 0.2) is 70.1 Å². The van der Waals surface area contributed by atoms with E-state index >= 15 is 0 Å². The monoisotopic (exact) mass is 342 g/mol. The van der Waals surface area contributed by atoms with Gasteiger partial charge in [0.1, 0.15) is 16.8 Å². The van der Waals surface area contributed by atoms with E-state index in [2.05, 4.69) is 10.5 Å². The van der Waals surface area contributed by atoms with Gasteiger partial charge < -0.3 is 9.84 Å². The maximum Gasteiger partial charge on any atom is 0.243 e. The van der Waals surface area contributed by atoms with Crippen LogP contribution in [0, 0.1) is 12.7 Å². The highest BCUT2D eigenvalue weighted by Crippen LogP contribution is 2.36. The Bertz CT molecular complexity index is 819. The lowest BCUT2D eigenvalue weighted by atomic mass is 10.1. The molecule has 6 heteroatoms. The molecule has 1 amide bonds. The Hall–Kier alpha value is -2.60. The quantitative estimate of drug-likeness (QED) is 0.689. The molecular formula is C18H15FN2O2S. The maximum atomic E-state index is 13.1. The van der Waals surface area contributed by atoms with E-state index in [9.17, 15) is 9.18 Å². The van der Waals surface area contributed by atoms with Crippen LogP contribution in [0.3, 0.4) is 0 Å². The summed E-state index contributed by atoms with van der Waals surface area (Å²) in [7, 11) is 0. The number of thioether (sulfide) groups is 1. The summed E-state index contributed by atoms with van der Waals surface area (Å²) in [6.45, 7) is 1.75. The fourth-order valence-corrected chi connectivity index (χ4v) is 3.19. The van der Waals surface area contributed by atoms with Crippen molar-refractivity contribution in [1.82, 2.24) is 5.16 Å². The third-order valence-corrected chi connectivity index (χ3v) is 4.55. The van der Waals surface area contributed by atoms with Crippen molar-refractivity contribution in [2.24, 2.45) is 0 Å². The molecule has 0 aliphatic heterocycles. The molecule has 0 saturated carbocycles. The van der Waals surface area contributed by atoms with Crippen LogP contribution in [-0.4, -0.2) is 11.1 Å². The van der Waals surface area contributed by atoms with Crippen LogP contribution in [0.5, 0.6) is 0 Å². The standard InChI is InChI=1S/C18H15FN2O2S/c1-12-11-16(21-23-12)20-18(22)17(13-5-3-2-4-6-13)24-15-9-7-14(19)8-10-15/h2-11,17H,1H3,(H,20,21,22). The summed E-state index contributed by atoms with van der Waals surface area (Å²) in [5, 5.41) is 6.05. The number of anilines is 1. The zero-order chi connectivity index (χ0) is 16.9. The number of halogens is 1. The van der Waals surface area contributed by atoms with Crippen LogP contribution >= 0.6 is 11.8 Å². The molecule has 3 aromatic rings. The van der Waals surface area contributed by atoms with E-state index in [-0.39, 0.29) is 11.7 Å². The fraction of sp³-hybridized carbons (Fsp3) is 0.111. The fourth-order valence-electron chi connectivity index (χ4n) is 2.17. The third-order valence-electron chi connectivity index (χ3n) is 3.29. The average molecular weight is 342 g/mol. The third kappa shape index (κ3) is 4.02. The summed E-state index contributed by atoms with van der Waals surface area (Å²) >= 11 is 1.35. The summed E-state index contributed by atoms with van der Waals surface area (Å²) in [4.78, 5) is 13.5. The van der Waals surface area contributed by atoms with Crippen molar-refractivity contribution in [2.45, 2.75) is 17.1 Å². The smallest absolute Gasteiger partial charge is 0.243 e. The Morgan fingerprint density at radius 1 is 1.17 bits per heavy atom. The molecule has 2 aromatic carbocycles. The van der Waals surface area contributed by atoms with E-state index in [0.29, 0.717) is 11.6 Å². The molecular weight excluding hydrogens is 327 g/mol. The number of hydrogen-bond donors (Lipinski definition) is 1. The molecule has 1 N–H and O–H groups in total. The Labute approximate surface area is 143 Å². The number of carbonyl (C=O) groups excluding carboxylic acids is 1. The van der Waals surface area contributed by atoms with E-state index in [1.54, 1.807) is 25.1 Å². The number of amides is 1. The summed E-state index contributed by atoms with van der Waals surface area (Å²) in [6, 6.07) is 17.1. The minimum absolute atomic E-state index is 0.219. The number of nitrogens with zero attached hydrogens (tertiary/aromatic N) is 1. The number of hydrogen-bond acceptors (Lipinski definition) is 4. The first kappa shape index (κ1) is 16.3. The summed E-state index contributed by atoms with van der Waals surface area (Å²) in [5.74, 6) is 0.466. The highest BCUT2D eigenvalue weighted by atomic mass is 32.2. The van der Waals surface area contributed by atoms with Gasteiger partial charge in [0.2, 0.25) is 5.91 Å². The molecule has 0 radical (unpaired) electrons. The van der Waals surface area contributed by atoms with Gasteiger partial charge in [-0.2, -0.15) is 0 Å². The van der Waals surface area contributed by atoms with Crippen LogP contribution < -0.4 is 5.32 Å². The molecule has 0 saturated heterocycles. The van der Waals surface area contributed by atoms with Gasteiger partial charge in [0.05, 0.1) is 0 Å². The Morgan fingerprint density at radius 2 is 1.88 bits per heavy atom. The first-order valence-corrected chi connectivity index (χ1v) is 8.21. The Morgan fingerprint density at radius 3 is 2.50 bits per heavy atom. The number of aromatic nitrogens is 1. The second-order valence-electron chi connectivity index (χ2n) is 5.17. The van der Waals surface area contributed by atoms with Gasteiger partial charge in [0.25, 0.3) is 0 Å². The van der Waals surface area contributed by atoms with Crippen LogP contribution in [0.4, 0.5) is 10.2 Å². The van der Waals surface area contributed by atoms with Gasteiger partial charge in [0, 0.05) is 11.0 Å². The number of nitrogens with one attached hydrogen (secondary N) is 1. The molecule has 1 atom stereocenters. The van der Waals surface area contributed by atoms with Crippen LogP contribution in [0.25, 0.3) is 0 Å². The van der Waals surface area contributed by atoms with E-state index in [1.165, 1.54) is 23.9 Å². The number of benzene rings is 2. The SMILES string of the molecule is Cc1cc(NC(=O)C(Sc2ccc(F)cc2)c2ccccc2)no1. The predicted molar refractivity (Wildman–Crippen MR) is 91.3 cm³/mol. The lowest BCUT2D eigenvalue weighted by Crippen LogP contribution is -2.19. The van der Waals surface area contributed by atoms with Gasteiger partial charge in [-0.3, -0.25) is 4.79 Å². The molecule has 0 aliphatic rings. The predicted octanol–water partition coefficient (Wildman–Crippen LogP) is 4.59. The van der Waals surface area contributed by atoms with E-state index in [1.807, 2.05) is 30.3 Å². The summed E-state index contributed by atoms with van der Waals surface area (Å²) in [6.07, 6.45) is 0. The second kappa shape index (κ2) is 7.31. The van der Waals surface area contributed by atoms with Crippen molar-refractivity contribution in [1.29, 1.82) is 0 Å². The number of aryl methyl sites for hydroxylation is 1. The van der Waals surface area contributed by atoms with Crippen molar-refractivity contribution in [2.75, 3.05) is 5.32 Å². The normalized spacial score (nSPS) is 11.9. The number of carbonyl (C=O) groups is 1. The van der Waals surface area contributed by atoms with Crippen LogP contribution in [0.1, 0.15) is 16.6 Å². The van der Waals surface area contributed by atoms with Crippen molar-refractivity contribution >= 4 is 23.5 Å². The zero-order valence-electron chi connectivity index (χ0n) is 12.9. The van der Waals surface area contributed by atoms with E-state index in [4.69, 9.17) is 4.52 Å². The lowest BCUT2D eigenvalue weighted by molar-refractivity contribution is -0.115. The van der Waals surface area contributed by atoms with Crippen molar-refractivity contribution in [3.63, 3.8) is 0 Å². The highest BCUT2D eigenvalue weighted by molar-refractivity contribution is 8.00. The first-order valence-electron chi connectivity index (χ1n) is 7.33. The molecule has 1 aromatic heterocycles. The van der Waals surface area contributed by atoms with Crippen molar-refractivity contribution in [3.8, 4) is 0 Å². The van der Waals surface area contributed by atoms with Gasteiger partial charge in [-0.25, -0.2) is 4.39 Å². The number of rotatable bonds is 5. The largest absolute Gasteiger partial charge is 0.360 e. The van der Waals surface area contributed by atoms with Crippen molar-refractivity contribution in [3.05, 3.63) is 77.8 Å². The summed E-state index contributed by atoms with van der Waals surface area (Å²) in [5.41, 5.74) is 0.851. The van der Waals surface area contributed by atoms with E-state index in [0.717, 1.165) is 10.5 Å². The first-order chi connectivity index (χ1) is 11.6. The molecule has 0 spiro atoms. The van der Waals surface area contributed by atoms with Crippen LogP contribution in [0.2, 0.25) is 0 Å². The van der Waals surface area contributed by atoms with Gasteiger partial charge in [0.15, 0.2) is 5.82 Å². The average Bonchev–Trinajstić information content (AvgIpc) is 3.00. The van der Waals surface area contributed by atoms with E-state index < -0.39 is 5.25 Å².